The molecule has 1 fully saturated rings. The summed E-state index contributed by atoms with van der Waals surface area (Å²) in [4.78, 5) is 2.33. The molecule has 0 aromatic carbocycles. The van der Waals surface area contributed by atoms with E-state index < -0.39 is 0 Å². The largest absolute Gasteiger partial charge is 0.382 e. The predicted octanol–water partition coefficient (Wildman–Crippen LogP) is 2.41. The average molecular weight is 258 g/mol. The molecule has 3 nitrogen and oxygen atoms in total. The van der Waals surface area contributed by atoms with Crippen LogP contribution in [0.2, 0.25) is 0 Å². The lowest BCUT2D eigenvalue weighted by Gasteiger charge is -2.38. The third kappa shape index (κ3) is 5.21. The highest BCUT2D eigenvalue weighted by molar-refractivity contribution is 7.80. The van der Waals surface area contributed by atoms with Gasteiger partial charge in [0.15, 0.2) is 5.11 Å². The van der Waals surface area contributed by atoms with Crippen LogP contribution in [-0.4, -0.2) is 42.4 Å². The van der Waals surface area contributed by atoms with Gasteiger partial charge < -0.3 is 15.0 Å². The van der Waals surface area contributed by atoms with Crippen LogP contribution in [0.15, 0.2) is 0 Å². The third-order valence-electron chi connectivity index (χ3n) is 3.35. The van der Waals surface area contributed by atoms with Gasteiger partial charge in [-0.15, -0.1) is 0 Å². The lowest BCUT2D eigenvalue weighted by molar-refractivity contribution is 0.145. The standard InChI is InChI=1S/C13H26N2OS/c1-4-16-9-5-7-14-13(17)15-8-6-11(2)10-12(15)3/h11-12H,4-10H2,1-3H3,(H,14,17). The van der Waals surface area contributed by atoms with E-state index in [2.05, 4.69) is 24.1 Å². The maximum Gasteiger partial charge on any atom is 0.169 e. The number of likely N-dealkylation sites (tertiary alicyclic amines) is 1. The van der Waals surface area contributed by atoms with Crippen LogP contribution >= 0.6 is 12.2 Å². The molecule has 2 atom stereocenters. The van der Waals surface area contributed by atoms with Crippen molar-refractivity contribution >= 4 is 17.3 Å². The fourth-order valence-corrected chi connectivity index (χ4v) is 2.70. The first-order valence-corrected chi connectivity index (χ1v) is 7.18. The third-order valence-corrected chi connectivity index (χ3v) is 3.72. The molecule has 2 unspecified atom stereocenters. The van der Waals surface area contributed by atoms with E-state index in [1.165, 1.54) is 12.8 Å². The minimum Gasteiger partial charge on any atom is -0.382 e. The molecule has 1 saturated heterocycles. The van der Waals surface area contributed by atoms with Gasteiger partial charge >= 0.3 is 0 Å². The monoisotopic (exact) mass is 258 g/mol. The molecule has 1 aliphatic rings. The van der Waals surface area contributed by atoms with Crippen molar-refractivity contribution in [3.8, 4) is 0 Å². The van der Waals surface area contributed by atoms with Gasteiger partial charge in [0.1, 0.15) is 0 Å². The van der Waals surface area contributed by atoms with E-state index in [0.29, 0.717) is 6.04 Å². The lowest BCUT2D eigenvalue weighted by atomic mass is 9.94. The Bertz CT molecular complexity index is 235. The first kappa shape index (κ1) is 14.7. The summed E-state index contributed by atoms with van der Waals surface area (Å²) < 4.78 is 5.30. The van der Waals surface area contributed by atoms with Gasteiger partial charge in [-0.05, 0) is 51.2 Å². The molecule has 1 aliphatic heterocycles. The quantitative estimate of drug-likeness (QED) is 0.604. The number of nitrogens with one attached hydrogen (secondary N) is 1. The number of piperidine rings is 1. The summed E-state index contributed by atoms with van der Waals surface area (Å²) in [7, 11) is 0. The zero-order valence-corrected chi connectivity index (χ0v) is 12.2. The Balaban J connectivity index is 2.18. The lowest BCUT2D eigenvalue weighted by Crippen LogP contribution is -2.49. The molecular formula is C13H26N2OS. The Morgan fingerprint density at radius 3 is 2.88 bits per heavy atom. The smallest absolute Gasteiger partial charge is 0.169 e. The minimum absolute atomic E-state index is 0.575. The SMILES string of the molecule is CCOCCCNC(=S)N1CCC(C)CC1C. The van der Waals surface area contributed by atoms with E-state index in [-0.39, 0.29) is 0 Å². The van der Waals surface area contributed by atoms with Crippen LogP contribution in [-0.2, 0) is 4.74 Å². The van der Waals surface area contributed by atoms with Gasteiger partial charge in [-0.1, -0.05) is 6.92 Å². The van der Waals surface area contributed by atoms with Crippen molar-refractivity contribution < 1.29 is 4.74 Å². The molecule has 1 rings (SSSR count). The Kier molecular flexibility index (Phi) is 6.82. The molecule has 0 aliphatic carbocycles. The Morgan fingerprint density at radius 2 is 2.24 bits per heavy atom. The van der Waals surface area contributed by atoms with Crippen molar-refractivity contribution in [2.24, 2.45) is 5.92 Å². The summed E-state index contributed by atoms with van der Waals surface area (Å²) in [5, 5.41) is 4.25. The molecule has 0 aromatic heterocycles. The number of hydrogen-bond donors (Lipinski definition) is 1. The molecule has 0 aromatic rings. The summed E-state index contributed by atoms with van der Waals surface area (Å²) in [5.74, 6) is 0.835. The molecule has 0 amide bonds. The number of ether oxygens (including phenoxy) is 1. The molecule has 0 spiro atoms. The second kappa shape index (κ2) is 7.88. The second-order valence-corrected chi connectivity index (χ2v) is 5.34. The van der Waals surface area contributed by atoms with Gasteiger partial charge in [-0.25, -0.2) is 0 Å². The number of hydrogen-bond acceptors (Lipinski definition) is 2. The Labute approximate surface area is 111 Å². The van der Waals surface area contributed by atoms with Gasteiger partial charge in [0.25, 0.3) is 0 Å². The second-order valence-electron chi connectivity index (χ2n) is 4.95. The summed E-state index contributed by atoms with van der Waals surface area (Å²) in [5.41, 5.74) is 0. The summed E-state index contributed by atoms with van der Waals surface area (Å²) in [6.45, 7) is 10.2. The van der Waals surface area contributed by atoms with E-state index in [4.69, 9.17) is 17.0 Å². The van der Waals surface area contributed by atoms with Crippen molar-refractivity contribution in [2.45, 2.75) is 46.1 Å². The van der Waals surface area contributed by atoms with Gasteiger partial charge in [0, 0.05) is 32.3 Å². The van der Waals surface area contributed by atoms with Gasteiger partial charge in [0.2, 0.25) is 0 Å². The molecule has 100 valence electrons. The fraction of sp³-hybridized carbons (Fsp3) is 0.923. The topological polar surface area (TPSA) is 24.5 Å². The highest BCUT2D eigenvalue weighted by atomic mass is 32.1. The van der Waals surface area contributed by atoms with E-state index >= 15 is 0 Å². The molecule has 0 bridgehead atoms. The molecule has 17 heavy (non-hydrogen) atoms. The van der Waals surface area contributed by atoms with Crippen LogP contribution in [0.25, 0.3) is 0 Å². The van der Waals surface area contributed by atoms with Crippen molar-refractivity contribution in [2.75, 3.05) is 26.3 Å². The summed E-state index contributed by atoms with van der Waals surface area (Å²) in [6.07, 6.45) is 3.53. The van der Waals surface area contributed by atoms with E-state index in [1.54, 1.807) is 0 Å². The van der Waals surface area contributed by atoms with Gasteiger partial charge in [0.05, 0.1) is 0 Å². The van der Waals surface area contributed by atoms with Crippen LogP contribution in [0, 0.1) is 5.92 Å². The molecular weight excluding hydrogens is 232 g/mol. The molecule has 1 heterocycles. The zero-order valence-electron chi connectivity index (χ0n) is 11.4. The van der Waals surface area contributed by atoms with E-state index in [9.17, 15) is 0 Å². The number of nitrogens with zero attached hydrogens (tertiary/aromatic N) is 1. The van der Waals surface area contributed by atoms with E-state index in [0.717, 1.165) is 43.8 Å². The number of rotatable bonds is 5. The molecule has 0 radical (unpaired) electrons. The van der Waals surface area contributed by atoms with Gasteiger partial charge in [-0.2, -0.15) is 0 Å². The van der Waals surface area contributed by atoms with Crippen molar-refractivity contribution in [1.29, 1.82) is 0 Å². The predicted molar refractivity (Wildman–Crippen MR) is 76.3 cm³/mol. The first-order chi connectivity index (χ1) is 8.15. The van der Waals surface area contributed by atoms with Crippen molar-refractivity contribution in [1.82, 2.24) is 10.2 Å². The van der Waals surface area contributed by atoms with Crippen LogP contribution in [0.4, 0.5) is 0 Å². The Hall–Kier alpha value is -0.350. The molecule has 1 N–H and O–H groups in total. The Morgan fingerprint density at radius 1 is 1.47 bits per heavy atom. The maximum atomic E-state index is 5.44. The molecule has 0 saturated carbocycles. The average Bonchev–Trinajstić information content (AvgIpc) is 2.28. The van der Waals surface area contributed by atoms with E-state index in [1.807, 2.05) is 6.92 Å². The van der Waals surface area contributed by atoms with Crippen molar-refractivity contribution in [3.05, 3.63) is 0 Å². The minimum atomic E-state index is 0.575. The normalized spacial score (nSPS) is 24.8. The highest BCUT2D eigenvalue weighted by Gasteiger charge is 2.24. The molecule has 4 heteroatoms. The summed E-state index contributed by atoms with van der Waals surface area (Å²) in [6, 6.07) is 0.575. The van der Waals surface area contributed by atoms with Crippen LogP contribution in [0.5, 0.6) is 0 Å². The van der Waals surface area contributed by atoms with Crippen molar-refractivity contribution in [3.63, 3.8) is 0 Å². The maximum absolute atomic E-state index is 5.44. The summed E-state index contributed by atoms with van der Waals surface area (Å²) >= 11 is 5.44. The first-order valence-electron chi connectivity index (χ1n) is 6.77. The highest BCUT2D eigenvalue weighted by Crippen LogP contribution is 2.21. The van der Waals surface area contributed by atoms with Crippen LogP contribution < -0.4 is 5.32 Å². The van der Waals surface area contributed by atoms with Gasteiger partial charge in [-0.3, -0.25) is 0 Å². The zero-order chi connectivity index (χ0) is 12.7. The fourth-order valence-electron chi connectivity index (χ4n) is 2.32. The van der Waals surface area contributed by atoms with Crippen LogP contribution in [0.3, 0.4) is 0 Å². The number of thiocarbonyl (C=S) groups is 1. The van der Waals surface area contributed by atoms with Crippen LogP contribution in [0.1, 0.15) is 40.0 Å².